The third-order valence-electron chi connectivity index (χ3n) is 5.12. The summed E-state index contributed by atoms with van der Waals surface area (Å²) in [4.78, 5) is 25.2. The zero-order valence-electron chi connectivity index (χ0n) is 17.5. The van der Waals surface area contributed by atoms with E-state index in [-0.39, 0.29) is 17.9 Å². The maximum absolute atomic E-state index is 13.0. The molecule has 0 aliphatic rings. The van der Waals surface area contributed by atoms with Crippen molar-refractivity contribution in [3.63, 3.8) is 0 Å². The molecule has 0 aliphatic carbocycles. The summed E-state index contributed by atoms with van der Waals surface area (Å²) < 4.78 is 11.5. The molecule has 0 saturated heterocycles. The third kappa shape index (κ3) is 4.51. The van der Waals surface area contributed by atoms with Gasteiger partial charge in [-0.05, 0) is 48.7 Å². The molecule has 4 rings (SSSR count). The summed E-state index contributed by atoms with van der Waals surface area (Å²) in [6.45, 7) is 3.71. The average molecular weight is 413 g/mol. The van der Waals surface area contributed by atoms with Crippen LogP contribution in [0, 0.1) is 6.92 Å². The normalized spacial score (nSPS) is 10.8. The van der Waals surface area contributed by atoms with Gasteiger partial charge in [-0.15, -0.1) is 0 Å². The quantitative estimate of drug-likeness (QED) is 0.463. The molecule has 1 amide bonds. The fourth-order valence-corrected chi connectivity index (χ4v) is 3.48. The number of anilines is 1. The van der Waals surface area contributed by atoms with Gasteiger partial charge in [-0.1, -0.05) is 49.4 Å². The van der Waals surface area contributed by atoms with Gasteiger partial charge in [0.05, 0.1) is 10.9 Å². The van der Waals surface area contributed by atoms with Gasteiger partial charge in [-0.25, -0.2) is 0 Å². The van der Waals surface area contributed by atoms with Crippen LogP contribution in [-0.2, 0) is 11.2 Å². The van der Waals surface area contributed by atoms with Gasteiger partial charge in [0.25, 0.3) is 5.91 Å². The number of hydrogen-bond donors (Lipinski definition) is 1. The lowest BCUT2D eigenvalue weighted by Gasteiger charge is -2.10. The highest BCUT2D eigenvalue weighted by Gasteiger charge is 2.14. The fraction of sp³-hybridized carbons (Fsp3) is 0.154. The Labute approximate surface area is 180 Å². The number of hydrogen-bond acceptors (Lipinski definition) is 4. The largest absolute Gasteiger partial charge is 0.484 e. The van der Waals surface area contributed by atoms with E-state index in [1.807, 2.05) is 54.6 Å². The number of amides is 1. The minimum absolute atomic E-state index is 0.0928. The van der Waals surface area contributed by atoms with Crippen molar-refractivity contribution >= 4 is 22.6 Å². The first-order chi connectivity index (χ1) is 15.0. The highest BCUT2D eigenvalue weighted by Crippen LogP contribution is 2.26. The molecule has 1 N–H and O–H groups in total. The van der Waals surface area contributed by atoms with Gasteiger partial charge < -0.3 is 14.5 Å². The second-order valence-corrected chi connectivity index (χ2v) is 7.27. The van der Waals surface area contributed by atoms with Crippen molar-refractivity contribution in [2.24, 2.45) is 0 Å². The number of benzene rings is 3. The van der Waals surface area contributed by atoms with Crippen LogP contribution in [-0.4, -0.2) is 12.5 Å². The number of fused-ring (bicyclic) bond motifs is 1. The Kier molecular flexibility index (Phi) is 5.85. The van der Waals surface area contributed by atoms with Crippen LogP contribution in [0.2, 0.25) is 0 Å². The number of aryl methyl sites for hydroxylation is 2. The number of rotatable bonds is 6. The molecule has 0 bridgehead atoms. The summed E-state index contributed by atoms with van der Waals surface area (Å²) in [6.07, 6.45) is 0.946. The van der Waals surface area contributed by atoms with E-state index in [9.17, 15) is 9.59 Å². The summed E-state index contributed by atoms with van der Waals surface area (Å²) in [7, 11) is 0. The lowest BCUT2D eigenvalue weighted by Crippen LogP contribution is -2.20. The molecule has 0 saturated carbocycles. The Morgan fingerprint density at radius 3 is 2.45 bits per heavy atom. The molecule has 1 heterocycles. The van der Waals surface area contributed by atoms with Crippen molar-refractivity contribution in [3.05, 3.63) is 94.3 Å². The van der Waals surface area contributed by atoms with E-state index in [0.29, 0.717) is 28.0 Å². The molecule has 5 heteroatoms. The number of carbonyl (C=O) groups excluding carboxylic acids is 1. The van der Waals surface area contributed by atoms with Crippen LogP contribution >= 0.6 is 0 Å². The Hall–Kier alpha value is -3.86. The Balaban J connectivity index is 1.50. The molecule has 156 valence electrons. The maximum Gasteiger partial charge on any atom is 0.262 e. The van der Waals surface area contributed by atoms with E-state index < -0.39 is 0 Å². The smallest absolute Gasteiger partial charge is 0.262 e. The van der Waals surface area contributed by atoms with Gasteiger partial charge >= 0.3 is 0 Å². The molecule has 0 fully saturated rings. The lowest BCUT2D eigenvalue weighted by molar-refractivity contribution is -0.118. The zero-order chi connectivity index (χ0) is 21.8. The molecule has 5 nitrogen and oxygen atoms in total. The van der Waals surface area contributed by atoms with Gasteiger partial charge in [0.2, 0.25) is 5.43 Å². The van der Waals surface area contributed by atoms with E-state index in [2.05, 4.69) is 12.2 Å². The summed E-state index contributed by atoms with van der Waals surface area (Å²) in [5, 5.41) is 3.28. The van der Waals surface area contributed by atoms with Crippen LogP contribution in [0.3, 0.4) is 0 Å². The van der Waals surface area contributed by atoms with Crippen LogP contribution in [0.4, 0.5) is 5.69 Å². The van der Waals surface area contributed by atoms with Crippen LogP contribution in [0.5, 0.6) is 5.75 Å². The van der Waals surface area contributed by atoms with Gasteiger partial charge in [0, 0.05) is 11.8 Å². The summed E-state index contributed by atoms with van der Waals surface area (Å²) in [6, 6.07) is 22.1. The van der Waals surface area contributed by atoms with Crippen LogP contribution < -0.4 is 15.5 Å². The number of nitrogens with one attached hydrogen (secondary N) is 1. The lowest BCUT2D eigenvalue weighted by atomic mass is 10.0. The molecule has 0 unspecified atom stereocenters. The van der Waals surface area contributed by atoms with Crippen molar-refractivity contribution in [2.75, 3.05) is 11.9 Å². The van der Waals surface area contributed by atoms with Gasteiger partial charge in [-0.2, -0.15) is 0 Å². The van der Waals surface area contributed by atoms with Gasteiger partial charge in [-0.3, -0.25) is 9.59 Å². The molecule has 0 atom stereocenters. The first-order valence-electron chi connectivity index (χ1n) is 10.2. The van der Waals surface area contributed by atoms with Crippen LogP contribution in [0.1, 0.15) is 18.2 Å². The minimum Gasteiger partial charge on any atom is -0.484 e. The second kappa shape index (κ2) is 8.88. The molecule has 1 aromatic heterocycles. The van der Waals surface area contributed by atoms with Crippen LogP contribution in [0.25, 0.3) is 22.1 Å². The highest BCUT2D eigenvalue weighted by molar-refractivity contribution is 5.92. The summed E-state index contributed by atoms with van der Waals surface area (Å²) in [5.74, 6) is 0.731. The molecule has 0 spiro atoms. The summed E-state index contributed by atoms with van der Waals surface area (Å²) >= 11 is 0. The molecular formula is C26H23NO4. The number of carbonyl (C=O) groups is 1. The zero-order valence-corrected chi connectivity index (χ0v) is 17.5. The van der Waals surface area contributed by atoms with Crippen molar-refractivity contribution < 1.29 is 13.9 Å². The Morgan fingerprint density at radius 1 is 1.00 bits per heavy atom. The van der Waals surface area contributed by atoms with E-state index in [4.69, 9.17) is 9.15 Å². The van der Waals surface area contributed by atoms with Crippen LogP contribution in [0.15, 0.2) is 82.0 Å². The second-order valence-electron chi connectivity index (χ2n) is 7.27. The van der Waals surface area contributed by atoms with E-state index in [1.54, 1.807) is 25.1 Å². The van der Waals surface area contributed by atoms with Gasteiger partial charge in [0.1, 0.15) is 17.1 Å². The van der Waals surface area contributed by atoms with Crippen molar-refractivity contribution in [1.29, 1.82) is 0 Å². The molecule has 31 heavy (non-hydrogen) atoms. The highest BCUT2D eigenvalue weighted by atomic mass is 16.5. The molecule has 0 radical (unpaired) electrons. The SMILES string of the molecule is CCc1ccc(NC(=O)COc2ccc3c(=O)c(-c4ccccc4)c(C)oc3c2)cc1. The van der Waals surface area contributed by atoms with E-state index in [1.165, 1.54) is 5.56 Å². The molecule has 4 aromatic rings. The predicted octanol–water partition coefficient (Wildman–Crippen LogP) is 5.35. The standard InChI is InChI=1S/C26H23NO4/c1-3-18-9-11-20(12-10-18)27-24(28)16-30-21-13-14-22-23(15-21)31-17(2)25(26(22)29)19-7-5-4-6-8-19/h4-15H,3,16H2,1-2H3,(H,27,28). The summed E-state index contributed by atoms with van der Waals surface area (Å²) in [5.41, 5.74) is 3.63. The topological polar surface area (TPSA) is 68.5 Å². The maximum atomic E-state index is 13.0. The van der Waals surface area contributed by atoms with E-state index >= 15 is 0 Å². The van der Waals surface area contributed by atoms with E-state index in [0.717, 1.165) is 17.7 Å². The number of ether oxygens (including phenoxy) is 1. The Bertz CT molecular complexity index is 1270. The first kappa shape index (κ1) is 20.4. The van der Waals surface area contributed by atoms with Gasteiger partial charge in [0.15, 0.2) is 6.61 Å². The first-order valence-corrected chi connectivity index (χ1v) is 10.2. The predicted molar refractivity (Wildman–Crippen MR) is 123 cm³/mol. The average Bonchev–Trinajstić information content (AvgIpc) is 2.79. The molecule has 3 aromatic carbocycles. The fourth-order valence-electron chi connectivity index (χ4n) is 3.48. The molecular weight excluding hydrogens is 390 g/mol. The minimum atomic E-state index is -0.263. The monoisotopic (exact) mass is 413 g/mol. The van der Waals surface area contributed by atoms with Crippen molar-refractivity contribution in [1.82, 2.24) is 0 Å². The molecule has 0 aliphatic heterocycles. The van der Waals surface area contributed by atoms with Crippen molar-refractivity contribution in [3.8, 4) is 16.9 Å². The van der Waals surface area contributed by atoms with Crippen molar-refractivity contribution in [2.45, 2.75) is 20.3 Å². The third-order valence-corrected chi connectivity index (χ3v) is 5.12. The Morgan fingerprint density at radius 2 is 1.74 bits per heavy atom.